The van der Waals surface area contributed by atoms with Gasteiger partial charge in [0.25, 0.3) is 0 Å². The van der Waals surface area contributed by atoms with E-state index in [1.165, 1.54) is 15.9 Å². The highest BCUT2D eigenvalue weighted by Gasteiger charge is 2.19. The number of aromatic nitrogens is 6. The lowest BCUT2D eigenvalue weighted by molar-refractivity contribution is 0.601. The lowest BCUT2D eigenvalue weighted by atomic mass is 10.2. The zero-order chi connectivity index (χ0) is 17.6. The minimum atomic E-state index is -0.572. The Bertz CT molecular complexity index is 1060. The van der Waals surface area contributed by atoms with Crippen molar-refractivity contribution < 1.29 is 8.78 Å². The molecule has 4 rings (SSSR count). The molecule has 4 aromatic rings. The Labute approximate surface area is 145 Å². The first-order valence-electron chi connectivity index (χ1n) is 7.79. The molecule has 0 fully saturated rings. The van der Waals surface area contributed by atoms with E-state index in [1.54, 1.807) is 0 Å². The fraction of sp³-hybridized carbons (Fsp3) is 0.250. The lowest BCUT2D eigenvalue weighted by Gasteiger charge is -2.02. The second kappa shape index (κ2) is 5.99. The number of halogens is 2. The van der Waals surface area contributed by atoms with E-state index in [2.05, 4.69) is 27.3 Å². The maximum Gasteiger partial charge on any atom is 0.235 e. The van der Waals surface area contributed by atoms with Gasteiger partial charge in [-0.3, -0.25) is 4.68 Å². The molecule has 0 aliphatic carbocycles. The number of hydrogen-bond donors (Lipinski definition) is 0. The molecule has 0 aliphatic heterocycles. The first-order chi connectivity index (χ1) is 12.1. The summed E-state index contributed by atoms with van der Waals surface area (Å²) >= 11 is 1.33. The Kier molecular flexibility index (Phi) is 3.79. The van der Waals surface area contributed by atoms with Crippen LogP contribution in [0.1, 0.15) is 19.0 Å². The molecule has 0 saturated heterocycles. The largest absolute Gasteiger partial charge is 0.262 e. The van der Waals surface area contributed by atoms with E-state index in [9.17, 15) is 8.78 Å². The van der Waals surface area contributed by atoms with Gasteiger partial charge in [-0.15, -0.1) is 10.2 Å². The van der Waals surface area contributed by atoms with E-state index in [-0.39, 0.29) is 11.4 Å². The predicted octanol–water partition coefficient (Wildman–Crippen LogP) is 3.71. The van der Waals surface area contributed by atoms with Gasteiger partial charge in [-0.25, -0.2) is 8.78 Å². The summed E-state index contributed by atoms with van der Waals surface area (Å²) in [4.78, 5) is 0.510. The Balaban J connectivity index is 1.85. The molecule has 0 bridgehead atoms. The van der Waals surface area contributed by atoms with Gasteiger partial charge in [-0.2, -0.15) is 14.7 Å². The molecule has 3 aromatic heterocycles. The molecule has 3 heterocycles. The zero-order valence-corrected chi connectivity index (χ0v) is 14.4. The van der Waals surface area contributed by atoms with E-state index in [1.807, 2.05) is 17.7 Å². The summed E-state index contributed by atoms with van der Waals surface area (Å²) in [6, 6.07) is 5.18. The topological polar surface area (TPSA) is 60.9 Å². The van der Waals surface area contributed by atoms with E-state index < -0.39 is 11.6 Å². The second-order valence-corrected chi connectivity index (χ2v) is 6.60. The number of rotatable bonds is 4. The van der Waals surface area contributed by atoms with Crippen molar-refractivity contribution in [2.24, 2.45) is 0 Å². The van der Waals surface area contributed by atoms with Crippen LogP contribution in [0, 0.1) is 18.6 Å². The first kappa shape index (κ1) is 15.8. The molecule has 25 heavy (non-hydrogen) atoms. The normalized spacial score (nSPS) is 11.5. The summed E-state index contributed by atoms with van der Waals surface area (Å²) in [5.74, 6) is -0.940. The fourth-order valence-corrected chi connectivity index (χ4v) is 3.52. The molecular formula is C16H14F2N6S. The Morgan fingerprint density at radius 2 is 1.96 bits per heavy atom. The highest BCUT2D eigenvalue weighted by atomic mass is 32.1. The number of nitrogens with zero attached hydrogens (tertiary/aromatic N) is 6. The van der Waals surface area contributed by atoms with Crippen molar-refractivity contribution in [1.82, 2.24) is 29.6 Å². The summed E-state index contributed by atoms with van der Waals surface area (Å²) < 4.78 is 30.9. The van der Waals surface area contributed by atoms with Crippen molar-refractivity contribution in [2.75, 3.05) is 0 Å². The van der Waals surface area contributed by atoms with Gasteiger partial charge in [-0.1, -0.05) is 18.3 Å². The average molecular weight is 360 g/mol. The summed E-state index contributed by atoms with van der Waals surface area (Å²) in [5.41, 5.74) is 1.80. The summed E-state index contributed by atoms with van der Waals surface area (Å²) in [7, 11) is 0. The monoisotopic (exact) mass is 360 g/mol. The molecule has 128 valence electrons. The van der Waals surface area contributed by atoms with Gasteiger partial charge in [0, 0.05) is 6.54 Å². The van der Waals surface area contributed by atoms with Crippen molar-refractivity contribution in [3.63, 3.8) is 0 Å². The first-order valence-corrected chi connectivity index (χ1v) is 8.61. The number of aryl methyl sites for hydroxylation is 2. The van der Waals surface area contributed by atoms with Crippen LogP contribution in [-0.4, -0.2) is 29.6 Å². The van der Waals surface area contributed by atoms with E-state index in [0.717, 1.165) is 42.6 Å². The van der Waals surface area contributed by atoms with Gasteiger partial charge in [0.1, 0.15) is 11.6 Å². The van der Waals surface area contributed by atoms with Crippen LogP contribution >= 0.6 is 11.3 Å². The molecule has 0 unspecified atom stereocenters. The van der Waals surface area contributed by atoms with E-state index >= 15 is 0 Å². The summed E-state index contributed by atoms with van der Waals surface area (Å²) in [5, 5.41) is 17.7. The lowest BCUT2D eigenvalue weighted by Crippen LogP contribution is -2.02. The molecule has 0 atom stereocenters. The third-order valence-corrected chi connectivity index (χ3v) is 4.64. The quantitative estimate of drug-likeness (QED) is 0.557. The molecule has 0 radical (unpaired) electrons. The van der Waals surface area contributed by atoms with Gasteiger partial charge in [0.15, 0.2) is 10.8 Å². The highest BCUT2D eigenvalue weighted by Crippen LogP contribution is 2.29. The minimum absolute atomic E-state index is 0.0302. The second-order valence-electron chi connectivity index (χ2n) is 5.64. The van der Waals surface area contributed by atoms with E-state index in [4.69, 9.17) is 0 Å². The fourth-order valence-electron chi connectivity index (χ4n) is 2.66. The smallest absolute Gasteiger partial charge is 0.235 e. The van der Waals surface area contributed by atoms with Crippen LogP contribution in [0.15, 0.2) is 24.3 Å². The maximum atomic E-state index is 14.1. The van der Waals surface area contributed by atoms with Crippen molar-refractivity contribution in [2.45, 2.75) is 26.8 Å². The maximum absolute atomic E-state index is 14.1. The van der Waals surface area contributed by atoms with Crippen molar-refractivity contribution in [1.29, 1.82) is 0 Å². The molecule has 0 amide bonds. The van der Waals surface area contributed by atoms with Gasteiger partial charge >= 0.3 is 0 Å². The SMILES string of the molecule is CCCn1nc(C)cc1-c1nn2c(-c3cc(F)ccc3F)nnc2s1. The van der Waals surface area contributed by atoms with Crippen molar-refractivity contribution in [3.05, 3.63) is 41.6 Å². The molecule has 0 saturated carbocycles. The van der Waals surface area contributed by atoms with Crippen molar-refractivity contribution >= 4 is 16.3 Å². The van der Waals surface area contributed by atoms with Gasteiger partial charge in [0.05, 0.1) is 17.0 Å². The molecule has 6 nitrogen and oxygen atoms in total. The molecule has 0 aliphatic rings. The van der Waals surface area contributed by atoms with Crippen LogP contribution in [0.2, 0.25) is 0 Å². The Morgan fingerprint density at radius 3 is 2.76 bits per heavy atom. The van der Waals surface area contributed by atoms with Gasteiger partial charge in [-0.05, 0) is 37.6 Å². The van der Waals surface area contributed by atoms with Crippen LogP contribution in [0.5, 0.6) is 0 Å². The standard InChI is InChI=1S/C16H14F2N6S/c1-3-6-23-13(7-9(2)21-23)15-22-24-14(19-20-16(24)25-15)11-8-10(17)4-5-12(11)18/h4-5,7-8H,3,6H2,1-2H3. The van der Waals surface area contributed by atoms with Crippen molar-refractivity contribution in [3.8, 4) is 22.1 Å². The number of fused-ring (bicyclic) bond motifs is 1. The highest BCUT2D eigenvalue weighted by molar-refractivity contribution is 7.19. The molecular weight excluding hydrogens is 346 g/mol. The third-order valence-electron chi connectivity index (χ3n) is 3.72. The van der Waals surface area contributed by atoms with Gasteiger partial charge in [0.2, 0.25) is 4.96 Å². The molecule has 1 aromatic carbocycles. The molecule has 0 spiro atoms. The van der Waals surface area contributed by atoms with Crippen LogP contribution in [0.3, 0.4) is 0 Å². The van der Waals surface area contributed by atoms with Crippen LogP contribution in [-0.2, 0) is 6.54 Å². The Hall–Kier alpha value is -2.68. The molecule has 0 N–H and O–H groups in total. The zero-order valence-electron chi connectivity index (χ0n) is 13.6. The Morgan fingerprint density at radius 1 is 1.12 bits per heavy atom. The van der Waals surface area contributed by atoms with E-state index in [0.29, 0.717) is 9.97 Å². The summed E-state index contributed by atoms with van der Waals surface area (Å²) in [6.45, 7) is 4.77. The third kappa shape index (κ3) is 2.70. The van der Waals surface area contributed by atoms with Crippen LogP contribution < -0.4 is 0 Å². The average Bonchev–Trinajstić information content (AvgIpc) is 3.24. The molecule has 9 heteroatoms. The van der Waals surface area contributed by atoms with Crippen LogP contribution in [0.25, 0.3) is 27.1 Å². The minimum Gasteiger partial charge on any atom is -0.262 e. The number of benzene rings is 1. The number of hydrogen-bond acceptors (Lipinski definition) is 5. The predicted molar refractivity (Wildman–Crippen MR) is 90.3 cm³/mol. The van der Waals surface area contributed by atoms with Crippen LogP contribution in [0.4, 0.5) is 8.78 Å². The summed E-state index contributed by atoms with van der Waals surface area (Å²) in [6.07, 6.45) is 0.942. The van der Waals surface area contributed by atoms with Gasteiger partial charge < -0.3 is 0 Å².